The fourth-order valence-corrected chi connectivity index (χ4v) is 4.30. The molecular weight excluding hydrogens is 360 g/mol. The van der Waals surface area contributed by atoms with Crippen LogP contribution < -0.4 is 4.74 Å². The lowest BCUT2D eigenvalue weighted by Gasteiger charge is -2.24. The second-order valence-electron chi connectivity index (χ2n) is 7.90. The van der Waals surface area contributed by atoms with Gasteiger partial charge in [-0.3, -0.25) is 14.6 Å². The first-order valence-corrected chi connectivity index (χ1v) is 10.5. The molecule has 0 aliphatic carbocycles. The Bertz CT molecular complexity index is 965. The first kappa shape index (κ1) is 19.6. The second-order valence-corrected chi connectivity index (χ2v) is 7.90. The number of rotatable bonds is 7. The first-order chi connectivity index (χ1) is 14.1. The summed E-state index contributed by atoms with van der Waals surface area (Å²) >= 11 is 0. The Kier molecular flexibility index (Phi) is 5.95. The molecule has 3 heterocycles. The van der Waals surface area contributed by atoms with Gasteiger partial charge in [0.05, 0.1) is 25.0 Å². The molecule has 1 saturated heterocycles. The third-order valence-electron chi connectivity index (χ3n) is 5.68. The zero-order chi connectivity index (χ0) is 20.2. The molecule has 5 heteroatoms. The van der Waals surface area contributed by atoms with E-state index in [2.05, 4.69) is 60.4 Å². The molecule has 29 heavy (non-hydrogen) atoms. The second kappa shape index (κ2) is 8.78. The van der Waals surface area contributed by atoms with Gasteiger partial charge in [0.25, 0.3) is 0 Å². The van der Waals surface area contributed by atoms with Crippen LogP contribution in [0.1, 0.15) is 53.9 Å². The third-order valence-corrected chi connectivity index (χ3v) is 5.68. The van der Waals surface area contributed by atoms with Crippen LogP contribution in [0.15, 0.2) is 48.8 Å². The highest BCUT2D eigenvalue weighted by atomic mass is 16.5. The van der Waals surface area contributed by atoms with E-state index in [1.54, 1.807) is 7.11 Å². The fourth-order valence-electron chi connectivity index (χ4n) is 4.30. The molecule has 5 nitrogen and oxygen atoms in total. The molecule has 0 N–H and O–H groups in total. The monoisotopic (exact) mass is 390 g/mol. The zero-order valence-electron chi connectivity index (χ0n) is 17.6. The van der Waals surface area contributed by atoms with Crippen LogP contribution in [0.25, 0.3) is 0 Å². The normalized spacial score (nSPS) is 17.0. The number of pyridine rings is 1. The van der Waals surface area contributed by atoms with Gasteiger partial charge < -0.3 is 4.74 Å². The molecule has 0 unspecified atom stereocenters. The Labute approximate surface area is 173 Å². The highest BCUT2D eigenvalue weighted by Gasteiger charge is 2.27. The van der Waals surface area contributed by atoms with E-state index in [-0.39, 0.29) is 0 Å². The zero-order valence-corrected chi connectivity index (χ0v) is 17.6. The summed E-state index contributed by atoms with van der Waals surface area (Å²) in [4.78, 5) is 7.47. The van der Waals surface area contributed by atoms with E-state index in [0.717, 1.165) is 43.9 Å². The summed E-state index contributed by atoms with van der Waals surface area (Å²) in [5.41, 5.74) is 6.14. The van der Waals surface area contributed by atoms with Gasteiger partial charge in [-0.15, -0.1) is 0 Å². The summed E-state index contributed by atoms with van der Waals surface area (Å²) in [6.45, 7) is 7.18. The van der Waals surface area contributed by atoms with Crippen molar-refractivity contribution < 1.29 is 4.74 Å². The van der Waals surface area contributed by atoms with Crippen LogP contribution >= 0.6 is 0 Å². The van der Waals surface area contributed by atoms with Crippen molar-refractivity contribution >= 4 is 0 Å². The highest BCUT2D eigenvalue weighted by molar-refractivity contribution is 5.34. The predicted octanol–water partition coefficient (Wildman–Crippen LogP) is 4.54. The van der Waals surface area contributed by atoms with Crippen LogP contribution in [0.5, 0.6) is 5.75 Å². The molecular formula is C24H30N4O. The Morgan fingerprint density at radius 2 is 2.03 bits per heavy atom. The van der Waals surface area contributed by atoms with Crippen molar-refractivity contribution in [2.75, 3.05) is 13.7 Å². The first-order valence-electron chi connectivity index (χ1n) is 10.5. The molecule has 0 amide bonds. The predicted molar refractivity (Wildman–Crippen MR) is 115 cm³/mol. The minimum Gasteiger partial charge on any atom is -0.497 e. The number of hydrogen-bond acceptors (Lipinski definition) is 4. The summed E-state index contributed by atoms with van der Waals surface area (Å²) in [6, 6.07) is 13.2. The number of ether oxygens (including phenoxy) is 1. The number of benzene rings is 1. The molecule has 1 aliphatic rings. The number of methoxy groups -OCH3 is 1. The lowest BCUT2D eigenvalue weighted by atomic mass is 10.0. The number of aryl methyl sites for hydroxylation is 2. The van der Waals surface area contributed by atoms with Gasteiger partial charge in [0.15, 0.2) is 0 Å². The van der Waals surface area contributed by atoms with Crippen molar-refractivity contribution in [3.63, 3.8) is 0 Å². The van der Waals surface area contributed by atoms with Crippen LogP contribution in [-0.4, -0.2) is 33.3 Å². The third kappa shape index (κ3) is 4.67. The maximum Gasteiger partial charge on any atom is 0.119 e. The van der Waals surface area contributed by atoms with Crippen molar-refractivity contribution in [2.24, 2.45) is 0 Å². The number of hydrogen-bond donors (Lipinski definition) is 0. The molecule has 3 aromatic rings. The average Bonchev–Trinajstić information content (AvgIpc) is 3.37. The van der Waals surface area contributed by atoms with Gasteiger partial charge in [-0.1, -0.05) is 12.1 Å². The average molecular weight is 391 g/mol. The van der Waals surface area contributed by atoms with Crippen LogP contribution in [0.3, 0.4) is 0 Å². The maximum absolute atomic E-state index is 5.38. The van der Waals surface area contributed by atoms with Crippen molar-refractivity contribution in [1.82, 2.24) is 19.7 Å². The Balaban J connectivity index is 1.53. The molecule has 0 radical (unpaired) electrons. The van der Waals surface area contributed by atoms with Crippen LogP contribution in [0.2, 0.25) is 0 Å². The Morgan fingerprint density at radius 1 is 1.14 bits per heavy atom. The summed E-state index contributed by atoms with van der Waals surface area (Å²) in [5, 5.41) is 4.43. The minimum absolute atomic E-state index is 0.379. The lowest BCUT2D eigenvalue weighted by Crippen LogP contribution is -2.23. The van der Waals surface area contributed by atoms with Crippen LogP contribution in [0, 0.1) is 6.92 Å². The van der Waals surface area contributed by atoms with Crippen molar-refractivity contribution in [1.29, 1.82) is 0 Å². The van der Waals surface area contributed by atoms with Gasteiger partial charge in [0, 0.05) is 30.5 Å². The smallest absolute Gasteiger partial charge is 0.119 e. The highest BCUT2D eigenvalue weighted by Crippen LogP contribution is 2.33. The van der Waals surface area contributed by atoms with Crippen molar-refractivity contribution in [3.8, 4) is 5.75 Å². The summed E-state index contributed by atoms with van der Waals surface area (Å²) in [7, 11) is 1.71. The molecule has 0 saturated carbocycles. The van der Waals surface area contributed by atoms with Crippen LogP contribution in [0.4, 0.5) is 0 Å². The summed E-state index contributed by atoms with van der Waals surface area (Å²) < 4.78 is 7.37. The van der Waals surface area contributed by atoms with E-state index >= 15 is 0 Å². The maximum atomic E-state index is 5.38. The van der Waals surface area contributed by atoms with Crippen molar-refractivity contribution in [3.05, 3.63) is 76.9 Å². The van der Waals surface area contributed by atoms with E-state index < -0.39 is 0 Å². The van der Waals surface area contributed by atoms with Crippen molar-refractivity contribution in [2.45, 2.75) is 52.2 Å². The Hall–Kier alpha value is -2.66. The largest absolute Gasteiger partial charge is 0.497 e. The van der Waals surface area contributed by atoms with Gasteiger partial charge in [-0.2, -0.15) is 5.10 Å². The molecule has 152 valence electrons. The SMILES string of the molecule is CCn1cc(CN2CCC[C@H]2c2cc(Cc3cccc(OC)c3)cc(C)n2)cn1. The minimum atomic E-state index is 0.379. The van der Waals surface area contributed by atoms with Gasteiger partial charge in [-0.25, -0.2) is 0 Å². The molecule has 0 bridgehead atoms. The molecule has 4 rings (SSSR count). The van der Waals surface area contributed by atoms with Gasteiger partial charge in [-0.05, 0) is 75.0 Å². The summed E-state index contributed by atoms with van der Waals surface area (Å²) in [6.07, 6.45) is 7.43. The fraction of sp³-hybridized carbons (Fsp3) is 0.417. The molecule has 2 aromatic heterocycles. The summed E-state index contributed by atoms with van der Waals surface area (Å²) in [5.74, 6) is 0.906. The van der Waals surface area contributed by atoms with Gasteiger partial charge in [0.1, 0.15) is 5.75 Å². The van der Waals surface area contributed by atoms with E-state index in [1.807, 2.05) is 16.9 Å². The molecule has 0 spiro atoms. The van der Waals surface area contributed by atoms with E-state index in [0.29, 0.717) is 6.04 Å². The lowest BCUT2D eigenvalue weighted by molar-refractivity contribution is 0.244. The molecule has 1 aliphatic heterocycles. The number of nitrogens with zero attached hydrogens (tertiary/aromatic N) is 4. The molecule has 1 atom stereocenters. The van der Waals surface area contributed by atoms with Crippen LogP contribution in [-0.2, 0) is 19.5 Å². The number of aromatic nitrogens is 3. The van der Waals surface area contributed by atoms with E-state index in [4.69, 9.17) is 9.72 Å². The topological polar surface area (TPSA) is 43.2 Å². The van der Waals surface area contributed by atoms with E-state index in [1.165, 1.54) is 28.8 Å². The quantitative estimate of drug-likeness (QED) is 0.594. The van der Waals surface area contributed by atoms with Gasteiger partial charge >= 0.3 is 0 Å². The van der Waals surface area contributed by atoms with E-state index in [9.17, 15) is 0 Å². The number of likely N-dealkylation sites (tertiary alicyclic amines) is 1. The van der Waals surface area contributed by atoms with Gasteiger partial charge in [0.2, 0.25) is 0 Å². The standard InChI is InChI=1S/C24H30N4O/c1-4-28-17-21(15-25-28)16-27-10-6-9-24(27)23-14-20(11-18(2)26-23)12-19-7-5-8-22(13-19)29-3/h5,7-8,11,13-15,17,24H,4,6,9-10,12,16H2,1-3H3/t24-/m0/s1. The Morgan fingerprint density at radius 3 is 2.83 bits per heavy atom. The molecule has 1 fully saturated rings. The molecule has 1 aromatic carbocycles.